The van der Waals surface area contributed by atoms with Crippen LogP contribution in [0.4, 0.5) is 0 Å². The number of aromatic nitrogens is 2. The van der Waals surface area contributed by atoms with Crippen molar-refractivity contribution < 1.29 is 4.52 Å². The van der Waals surface area contributed by atoms with Crippen molar-refractivity contribution in [1.82, 2.24) is 15.0 Å². The lowest BCUT2D eigenvalue weighted by molar-refractivity contribution is 0.182. The highest BCUT2D eigenvalue weighted by Gasteiger charge is 2.17. The van der Waals surface area contributed by atoms with E-state index in [-0.39, 0.29) is 0 Å². The predicted molar refractivity (Wildman–Crippen MR) is 51.5 cm³/mol. The van der Waals surface area contributed by atoms with Gasteiger partial charge < -0.3 is 10.3 Å². The van der Waals surface area contributed by atoms with Crippen molar-refractivity contribution >= 4 is 0 Å². The van der Waals surface area contributed by atoms with Gasteiger partial charge in [0.2, 0.25) is 5.89 Å². The number of nitrogens with zero attached hydrogens (tertiary/aromatic N) is 3. The number of hydrogen-bond donors (Lipinski definition) is 1. The monoisotopic (exact) mass is 196 g/mol. The quantitative estimate of drug-likeness (QED) is 0.736. The Labute approximate surface area is 83.3 Å². The van der Waals surface area contributed by atoms with Crippen LogP contribution >= 0.6 is 0 Å². The normalized spacial score (nSPS) is 20.1. The zero-order valence-corrected chi connectivity index (χ0v) is 8.44. The number of nitrogens with two attached hydrogens (primary N) is 1. The first-order valence-electron chi connectivity index (χ1n) is 5.01. The lowest BCUT2D eigenvalue weighted by Gasteiger charge is -2.28. The van der Waals surface area contributed by atoms with E-state index < -0.39 is 0 Å². The van der Waals surface area contributed by atoms with Gasteiger partial charge in [-0.05, 0) is 19.8 Å². The summed E-state index contributed by atoms with van der Waals surface area (Å²) in [6.45, 7) is 4.65. The van der Waals surface area contributed by atoms with Gasteiger partial charge in [0.15, 0.2) is 5.82 Å². The molecule has 2 rings (SSSR count). The molecule has 2 N–H and O–H groups in total. The van der Waals surface area contributed by atoms with Crippen LogP contribution in [0.5, 0.6) is 0 Å². The second-order valence-electron chi connectivity index (χ2n) is 3.85. The van der Waals surface area contributed by atoms with E-state index in [2.05, 4.69) is 15.0 Å². The summed E-state index contributed by atoms with van der Waals surface area (Å²) in [6.07, 6.45) is 2.13. The molecule has 1 aromatic rings. The maximum absolute atomic E-state index is 5.82. The number of likely N-dealkylation sites (tertiary alicyclic amines) is 1. The molecule has 1 aromatic heterocycles. The summed E-state index contributed by atoms with van der Waals surface area (Å²) < 4.78 is 5.06. The standard InChI is InChI=1S/C9H16N4O/c1-7-11-9(14-12-7)6-13-4-2-8(10)3-5-13/h8H,2-6,10H2,1H3. The second kappa shape index (κ2) is 4.06. The molecule has 0 unspecified atom stereocenters. The molecule has 0 saturated carbocycles. The smallest absolute Gasteiger partial charge is 0.240 e. The molecule has 78 valence electrons. The van der Waals surface area contributed by atoms with E-state index in [9.17, 15) is 0 Å². The van der Waals surface area contributed by atoms with Gasteiger partial charge in [0, 0.05) is 19.1 Å². The third kappa shape index (κ3) is 2.30. The van der Waals surface area contributed by atoms with Gasteiger partial charge in [-0.3, -0.25) is 4.90 Å². The van der Waals surface area contributed by atoms with Crippen molar-refractivity contribution in [1.29, 1.82) is 0 Å². The van der Waals surface area contributed by atoms with E-state index in [4.69, 9.17) is 10.3 Å². The van der Waals surface area contributed by atoms with E-state index in [1.54, 1.807) is 0 Å². The van der Waals surface area contributed by atoms with Crippen LogP contribution < -0.4 is 5.73 Å². The van der Waals surface area contributed by atoms with Crippen molar-refractivity contribution in [3.63, 3.8) is 0 Å². The molecule has 1 fully saturated rings. The van der Waals surface area contributed by atoms with Crippen LogP contribution in [0.15, 0.2) is 4.52 Å². The first-order valence-corrected chi connectivity index (χ1v) is 5.01. The van der Waals surface area contributed by atoms with Crippen LogP contribution in [0.25, 0.3) is 0 Å². The van der Waals surface area contributed by atoms with Crippen molar-refractivity contribution in [2.75, 3.05) is 13.1 Å². The van der Waals surface area contributed by atoms with Crippen molar-refractivity contribution in [2.45, 2.75) is 32.4 Å². The second-order valence-corrected chi connectivity index (χ2v) is 3.85. The third-order valence-corrected chi connectivity index (χ3v) is 2.56. The number of hydrogen-bond acceptors (Lipinski definition) is 5. The Morgan fingerprint density at radius 2 is 2.21 bits per heavy atom. The maximum Gasteiger partial charge on any atom is 0.240 e. The van der Waals surface area contributed by atoms with Crippen molar-refractivity contribution in [2.24, 2.45) is 5.73 Å². The van der Waals surface area contributed by atoms with Crippen molar-refractivity contribution in [3.05, 3.63) is 11.7 Å². The summed E-state index contributed by atoms with van der Waals surface area (Å²) in [7, 11) is 0. The Balaban J connectivity index is 1.86. The molecule has 0 atom stereocenters. The molecule has 0 spiro atoms. The molecule has 2 heterocycles. The summed E-state index contributed by atoms with van der Waals surface area (Å²) in [6, 6.07) is 0.371. The van der Waals surface area contributed by atoms with E-state index in [0.29, 0.717) is 17.8 Å². The molecule has 5 heteroatoms. The summed E-state index contributed by atoms with van der Waals surface area (Å²) in [4.78, 5) is 6.48. The third-order valence-electron chi connectivity index (χ3n) is 2.56. The zero-order chi connectivity index (χ0) is 9.97. The Morgan fingerprint density at radius 3 is 2.79 bits per heavy atom. The Kier molecular flexibility index (Phi) is 2.79. The average Bonchev–Trinajstić information content (AvgIpc) is 2.56. The Hall–Kier alpha value is -0.940. The molecule has 1 saturated heterocycles. The van der Waals surface area contributed by atoms with E-state index >= 15 is 0 Å². The highest BCUT2D eigenvalue weighted by atomic mass is 16.5. The highest BCUT2D eigenvalue weighted by Crippen LogP contribution is 2.11. The summed E-state index contributed by atoms with van der Waals surface area (Å²) in [5, 5.41) is 3.76. The van der Waals surface area contributed by atoms with Crippen LogP contribution in [-0.2, 0) is 6.54 Å². The maximum atomic E-state index is 5.82. The van der Waals surface area contributed by atoms with E-state index in [1.807, 2.05) is 6.92 Å². The highest BCUT2D eigenvalue weighted by molar-refractivity contribution is 4.84. The molecule has 0 radical (unpaired) electrons. The summed E-state index contributed by atoms with van der Waals surface area (Å²) in [5.74, 6) is 1.41. The molecule has 1 aliphatic heterocycles. The van der Waals surface area contributed by atoms with Gasteiger partial charge in [-0.1, -0.05) is 5.16 Å². The van der Waals surface area contributed by atoms with Crippen LogP contribution in [0, 0.1) is 6.92 Å². The molecule has 0 bridgehead atoms. The SMILES string of the molecule is Cc1noc(CN2CCC(N)CC2)n1. The molecule has 5 nitrogen and oxygen atoms in total. The fourth-order valence-electron chi connectivity index (χ4n) is 1.71. The van der Waals surface area contributed by atoms with E-state index in [1.165, 1.54) is 0 Å². The van der Waals surface area contributed by atoms with Crippen LogP contribution in [-0.4, -0.2) is 34.2 Å². The first-order chi connectivity index (χ1) is 6.74. The van der Waals surface area contributed by atoms with E-state index in [0.717, 1.165) is 32.5 Å². The summed E-state index contributed by atoms with van der Waals surface area (Å²) >= 11 is 0. The largest absolute Gasteiger partial charge is 0.338 e. The van der Waals surface area contributed by atoms with Gasteiger partial charge in [-0.15, -0.1) is 0 Å². The van der Waals surface area contributed by atoms with Gasteiger partial charge in [-0.2, -0.15) is 4.98 Å². The number of piperidine rings is 1. The van der Waals surface area contributed by atoms with Gasteiger partial charge in [0.05, 0.1) is 6.54 Å². The minimum Gasteiger partial charge on any atom is -0.338 e. The number of rotatable bonds is 2. The average molecular weight is 196 g/mol. The van der Waals surface area contributed by atoms with Gasteiger partial charge in [-0.25, -0.2) is 0 Å². The lowest BCUT2D eigenvalue weighted by Crippen LogP contribution is -2.39. The number of aryl methyl sites for hydroxylation is 1. The van der Waals surface area contributed by atoms with Gasteiger partial charge in [0.25, 0.3) is 0 Å². The van der Waals surface area contributed by atoms with Crippen LogP contribution in [0.3, 0.4) is 0 Å². The molecule has 14 heavy (non-hydrogen) atoms. The summed E-state index contributed by atoms with van der Waals surface area (Å²) in [5.41, 5.74) is 5.82. The Morgan fingerprint density at radius 1 is 1.50 bits per heavy atom. The minimum absolute atomic E-state index is 0.371. The molecule has 0 aliphatic carbocycles. The lowest BCUT2D eigenvalue weighted by atomic mass is 10.1. The first kappa shape index (κ1) is 9.61. The van der Waals surface area contributed by atoms with Crippen LogP contribution in [0.1, 0.15) is 24.6 Å². The minimum atomic E-state index is 0.371. The topological polar surface area (TPSA) is 68.2 Å². The molecule has 1 aliphatic rings. The molecule has 0 amide bonds. The predicted octanol–water partition coefficient (Wildman–Crippen LogP) is 0.301. The van der Waals surface area contributed by atoms with Crippen molar-refractivity contribution in [3.8, 4) is 0 Å². The fourth-order valence-corrected chi connectivity index (χ4v) is 1.71. The molecule has 0 aromatic carbocycles. The Bertz CT molecular complexity index is 291. The zero-order valence-electron chi connectivity index (χ0n) is 8.44. The molecular formula is C9H16N4O. The fraction of sp³-hybridized carbons (Fsp3) is 0.778. The van der Waals surface area contributed by atoms with Gasteiger partial charge in [0.1, 0.15) is 0 Å². The van der Waals surface area contributed by atoms with Crippen LogP contribution in [0.2, 0.25) is 0 Å². The van der Waals surface area contributed by atoms with Gasteiger partial charge >= 0.3 is 0 Å². The molecular weight excluding hydrogens is 180 g/mol.